The third kappa shape index (κ3) is 4.74. The van der Waals surface area contributed by atoms with Crippen LogP contribution in [0.4, 0.5) is 5.82 Å². The highest BCUT2D eigenvalue weighted by atomic mass is 16.3. The smallest absolute Gasteiger partial charge is 0.125 e. The number of hydrogen-bond acceptors (Lipinski definition) is 5. The monoisotopic (exact) mass is 278 g/mol. The summed E-state index contributed by atoms with van der Waals surface area (Å²) in [7, 11) is 0. The summed E-state index contributed by atoms with van der Waals surface area (Å²) in [6, 6.07) is 4.22. The van der Waals surface area contributed by atoms with Crippen LogP contribution in [0.25, 0.3) is 0 Å². The van der Waals surface area contributed by atoms with E-state index < -0.39 is 0 Å². The number of hydrogen-bond donors (Lipinski definition) is 2. The van der Waals surface area contributed by atoms with Crippen molar-refractivity contribution >= 4 is 5.82 Å². The van der Waals surface area contributed by atoms with Crippen molar-refractivity contribution in [3.05, 3.63) is 23.9 Å². The first-order valence-electron chi connectivity index (χ1n) is 7.56. The number of aliphatic hydroxyl groups excluding tert-OH is 1. The number of aromatic nitrogens is 1. The van der Waals surface area contributed by atoms with Crippen molar-refractivity contribution in [1.29, 1.82) is 0 Å². The van der Waals surface area contributed by atoms with Gasteiger partial charge in [-0.2, -0.15) is 0 Å². The van der Waals surface area contributed by atoms with Crippen LogP contribution in [0, 0.1) is 0 Å². The quantitative estimate of drug-likeness (QED) is 0.780. The molecule has 1 aromatic heterocycles. The maximum absolute atomic E-state index is 8.94. The predicted octanol–water partition coefficient (Wildman–Crippen LogP) is 1.01. The van der Waals surface area contributed by atoms with Gasteiger partial charge in [-0.25, -0.2) is 4.98 Å². The van der Waals surface area contributed by atoms with Gasteiger partial charge >= 0.3 is 0 Å². The first-order chi connectivity index (χ1) is 9.81. The van der Waals surface area contributed by atoms with Crippen LogP contribution < -0.4 is 5.32 Å². The lowest BCUT2D eigenvalue weighted by Gasteiger charge is -2.34. The van der Waals surface area contributed by atoms with Crippen LogP contribution in [0.3, 0.4) is 0 Å². The molecule has 0 saturated carbocycles. The van der Waals surface area contributed by atoms with Gasteiger partial charge in [0.25, 0.3) is 0 Å². The molecule has 1 aliphatic heterocycles. The minimum Gasteiger partial charge on any atom is -0.395 e. The lowest BCUT2D eigenvalue weighted by molar-refractivity contribution is 0.108. The van der Waals surface area contributed by atoms with Crippen LogP contribution in [0.15, 0.2) is 18.3 Å². The van der Waals surface area contributed by atoms with E-state index in [0.717, 1.165) is 58.1 Å². The van der Waals surface area contributed by atoms with Crippen molar-refractivity contribution in [2.24, 2.45) is 0 Å². The Bertz CT molecular complexity index is 374. The highest BCUT2D eigenvalue weighted by Gasteiger charge is 2.16. The third-order valence-electron chi connectivity index (χ3n) is 3.67. The van der Waals surface area contributed by atoms with Gasteiger partial charge in [-0.3, -0.25) is 9.80 Å². The van der Waals surface area contributed by atoms with E-state index in [9.17, 15) is 0 Å². The summed E-state index contributed by atoms with van der Waals surface area (Å²) in [4.78, 5) is 9.21. The molecule has 0 radical (unpaired) electrons. The Hall–Kier alpha value is -1.17. The Morgan fingerprint density at radius 2 is 1.95 bits per heavy atom. The zero-order chi connectivity index (χ0) is 14.2. The number of nitrogens with one attached hydrogen (secondary N) is 1. The van der Waals surface area contributed by atoms with Gasteiger partial charge in [0.15, 0.2) is 0 Å². The fourth-order valence-corrected chi connectivity index (χ4v) is 2.45. The van der Waals surface area contributed by atoms with Gasteiger partial charge in [0.1, 0.15) is 5.82 Å². The first kappa shape index (κ1) is 15.2. The summed E-state index contributed by atoms with van der Waals surface area (Å²) < 4.78 is 0. The molecule has 5 heteroatoms. The first-order valence-corrected chi connectivity index (χ1v) is 7.56. The molecule has 0 atom stereocenters. The van der Waals surface area contributed by atoms with Crippen LogP contribution in [0.5, 0.6) is 0 Å². The van der Waals surface area contributed by atoms with E-state index in [4.69, 9.17) is 5.11 Å². The van der Waals surface area contributed by atoms with Gasteiger partial charge < -0.3 is 10.4 Å². The fraction of sp³-hybridized carbons (Fsp3) is 0.667. The predicted molar refractivity (Wildman–Crippen MR) is 81.8 cm³/mol. The average Bonchev–Trinajstić information content (AvgIpc) is 2.49. The molecule has 2 N–H and O–H groups in total. The molecule has 112 valence electrons. The summed E-state index contributed by atoms with van der Waals surface area (Å²) in [5, 5.41) is 12.2. The molecule has 1 aromatic rings. The van der Waals surface area contributed by atoms with Gasteiger partial charge in [0, 0.05) is 52.0 Å². The van der Waals surface area contributed by atoms with E-state index >= 15 is 0 Å². The maximum Gasteiger partial charge on any atom is 0.125 e. The minimum absolute atomic E-state index is 0.260. The molecule has 1 saturated heterocycles. The molecule has 0 spiro atoms. The molecule has 1 fully saturated rings. The molecule has 2 rings (SSSR count). The number of pyridine rings is 1. The zero-order valence-corrected chi connectivity index (χ0v) is 12.4. The minimum atomic E-state index is 0.260. The van der Waals surface area contributed by atoms with Crippen molar-refractivity contribution in [2.45, 2.75) is 19.9 Å². The molecule has 2 heterocycles. The number of β-amino-alcohol motifs (C(OH)–C–C–N with tert-alkyl or cyclic N) is 1. The maximum atomic E-state index is 8.94. The van der Waals surface area contributed by atoms with E-state index in [2.05, 4.69) is 39.2 Å². The van der Waals surface area contributed by atoms with Crippen LogP contribution in [0.1, 0.15) is 18.9 Å². The third-order valence-corrected chi connectivity index (χ3v) is 3.67. The molecule has 0 amide bonds. The topological polar surface area (TPSA) is 51.6 Å². The summed E-state index contributed by atoms with van der Waals surface area (Å²) in [6.07, 6.45) is 3.08. The highest BCUT2D eigenvalue weighted by molar-refractivity contribution is 5.35. The van der Waals surface area contributed by atoms with Crippen molar-refractivity contribution in [2.75, 3.05) is 51.2 Å². The van der Waals surface area contributed by atoms with Crippen molar-refractivity contribution in [1.82, 2.24) is 14.8 Å². The highest BCUT2D eigenvalue weighted by Crippen LogP contribution is 2.10. The second-order valence-corrected chi connectivity index (χ2v) is 5.32. The molecule has 5 nitrogen and oxygen atoms in total. The average molecular weight is 278 g/mol. The van der Waals surface area contributed by atoms with Gasteiger partial charge in [0.2, 0.25) is 0 Å². The lowest BCUT2D eigenvalue weighted by Crippen LogP contribution is -2.46. The molecular weight excluding hydrogens is 252 g/mol. The van der Waals surface area contributed by atoms with Crippen molar-refractivity contribution in [3.8, 4) is 0 Å². The van der Waals surface area contributed by atoms with Crippen LogP contribution >= 0.6 is 0 Å². The van der Waals surface area contributed by atoms with Gasteiger partial charge in [-0.15, -0.1) is 0 Å². The van der Waals surface area contributed by atoms with E-state index in [0.29, 0.717) is 0 Å². The van der Waals surface area contributed by atoms with Gasteiger partial charge in [0.05, 0.1) is 6.61 Å². The number of rotatable bonds is 7. The molecule has 0 unspecified atom stereocenters. The van der Waals surface area contributed by atoms with E-state index in [-0.39, 0.29) is 6.61 Å². The number of piperazine rings is 1. The van der Waals surface area contributed by atoms with Crippen molar-refractivity contribution in [3.63, 3.8) is 0 Å². The largest absolute Gasteiger partial charge is 0.395 e. The molecule has 1 aliphatic rings. The Morgan fingerprint density at radius 1 is 1.20 bits per heavy atom. The molecule has 0 bridgehead atoms. The summed E-state index contributed by atoms with van der Waals surface area (Å²) in [5.41, 5.74) is 1.27. The van der Waals surface area contributed by atoms with Gasteiger partial charge in [-0.1, -0.05) is 13.0 Å². The van der Waals surface area contributed by atoms with Crippen molar-refractivity contribution < 1.29 is 5.11 Å². The lowest BCUT2D eigenvalue weighted by atomic mass is 10.2. The van der Waals surface area contributed by atoms with Crippen LogP contribution in [-0.4, -0.2) is 65.8 Å². The van der Waals surface area contributed by atoms with Crippen LogP contribution in [-0.2, 0) is 6.54 Å². The fourth-order valence-electron chi connectivity index (χ4n) is 2.45. The standard InChI is InChI=1S/C15H26N4O/c1-2-5-16-15-4-3-14(12-17-15)13-19-8-6-18(7-9-19)10-11-20/h3-4,12,20H,2,5-11,13H2,1H3,(H,16,17). The van der Waals surface area contributed by atoms with E-state index in [1.54, 1.807) is 0 Å². The second kappa shape index (κ2) is 8.19. The van der Waals surface area contributed by atoms with E-state index in [1.807, 2.05) is 6.20 Å². The summed E-state index contributed by atoms with van der Waals surface area (Å²) in [6.45, 7) is 9.37. The van der Waals surface area contributed by atoms with Crippen LogP contribution in [0.2, 0.25) is 0 Å². The summed E-state index contributed by atoms with van der Waals surface area (Å²) in [5.74, 6) is 0.961. The molecule has 0 aliphatic carbocycles. The normalized spacial score (nSPS) is 17.3. The Morgan fingerprint density at radius 3 is 2.55 bits per heavy atom. The molecular formula is C15H26N4O. The number of aliphatic hydroxyl groups is 1. The molecule has 20 heavy (non-hydrogen) atoms. The van der Waals surface area contributed by atoms with Gasteiger partial charge in [-0.05, 0) is 18.1 Å². The second-order valence-electron chi connectivity index (χ2n) is 5.32. The number of anilines is 1. The van der Waals surface area contributed by atoms with E-state index in [1.165, 1.54) is 5.56 Å². The molecule has 0 aromatic carbocycles. The Labute approximate surface area is 121 Å². The Balaban J connectivity index is 1.76. The number of nitrogens with zero attached hydrogens (tertiary/aromatic N) is 3. The zero-order valence-electron chi connectivity index (χ0n) is 12.4. The Kier molecular flexibility index (Phi) is 6.24. The SMILES string of the molecule is CCCNc1ccc(CN2CCN(CCO)CC2)cn1. The summed E-state index contributed by atoms with van der Waals surface area (Å²) >= 11 is 0.